The third-order valence-electron chi connectivity index (χ3n) is 4.58. The Kier molecular flexibility index (Phi) is 5.55. The fourth-order valence-corrected chi connectivity index (χ4v) is 3.56. The van der Waals surface area contributed by atoms with E-state index in [4.69, 9.17) is 16.3 Å². The van der Waals surface area contributed by atoms with Gasteiger partial charge >= 0.3 is 0 Å². The average molecular weight is 289 g/mol. The molecule has 2 N–H and O–H groups in total. The Morgan fingerprint density at radius 3 is 2.14 bits per heavy atom. The van der Waals surface area contributed by atoms with Gasteiger partial charge in [0.1, 0.15) is 0 Å². The molecule has 2 saturated heterocycles. The Morgan fingerprint density at radius 1 is 1.14 bits per heavy atom. The van der Waals surface area contributed by atoms with Crippen molar-refractivity contribution in [3.8, 4) is 12.1 Å². The molecule has 0 spiro atoms. The van der Waals surface area contributed by atoms with E-state index >= 15 is 0 Å². The van der Waals surface area contributed by atoms with Crippen LogP contribution in [0.2, 0.25) is 0 Å². The summed E-state index contributed by atoms with van der Waals surface area (Å²) < 4.78 is 0. The van der Waals surface area contributed by atoms with Crippen LogP contribution in [0.5, 0.6) is 0 Å². The number of nitrogens with zero attached hydrogens (tertiary/aromatic N) is 4. The molecular weight excluding hydrogens is 266 g/mol. The lowest BCUT2D eigenvalue weighted by Crippen LogP contribution is -2.51. The predicted molar refractivity (Wildman–Crippen MR) is 77.8 cm³/mol. The van der Waals surface area contributed by atoms with Crippen LogP contribution in [0.3, 0.4) is 0 Å². The van der Waals surface area contributed by atoms with Crippen LogP contribution in [-0.2, 0) is 4.79 Å². The van der Waals surface area contributed by atoms with Crippen molar-refractivity contribution in [2.24, 2.45) is 5.73 Å². The molecule has 2 atom stereocenters. The molecule has 0 aromatic heterocycles. The van der Waals surface area contributed by atoms with Crippen LogP contribution >= 0.6 is 0 Å². The molecule has 2 aliphatic rings. The fraction of sp³-hybridized carbons (Fsp3) is 0.800. The summed E-state index contributed by atoms with van der Waals surface area (Å²) in [6, 6.07) is 5.24. The maximum atomic E-state index is 12.5. The van der Waals surface area contributed by atoms with E-state index in [1.54, 1.807) is 4.90 Å². The highest BCUT2D eigenvalue weighted by Crippen LogP contribution is 2.34. The van der Waals surface area contributed by atoms with Crippen LogP contribution in [-0.4, -0.2) is 53.5 Å². The van der Waals surface area contributed by atoms with E-state index in [1.807, 2.05) is 0 Å². The minimum atomic E-state index is 0.0351. The SMILES string of the molecule is N#CCCN(CCC#N)C(=O)CN1C2CCC1CC(N)C2. The number of nitrogens with two attached hydrogens (primary N) is 1. The first-order chi connectivity index (χ1) is 10.2. The van der Waals surface area contributed by atoms with Crippen molar-refractivity contribution < 1.29 is 4.79 Å². The summed E-state index contributed by atoms with van der Waals surface area (Å²) in [5.74, 6) is 0.0351. The van der Waals surface area contributed by atoms with Gasteiger partial charge in [-0.1, -0.05) is 0 Å². The predicted octanol–water partition coefficient (Wildman–Crippen LogP) is 0.596. The molecule has 1 amide bonds. The molecule has 6 heteroatoms. The molecule has 2 aliphatic heterocycles. The number of hydrogen-bond donors (Lipinski definition) is 1. The van der Waals surface area contributed by atoms with Crippen molar-refractivity contribution in [2.75, 3.05) is 19.6 Å². The van der Waals surface area contributed by atoms with E-state index in [0.717, 1.165) is 25.7 Å². The van der Waals surface area contributed by atoms with Gasteiger partial charge in [-0.3, -0.25) is 9.69 Å². The van der Waals surface area contributed by atoms with Crippen molar-refractivity contribution in [3.05, 3.63) is 0 Å². The fourth-order valence-electron chi connectivity index (χ4n) is 3.56. The standard InChI is InChI=1S/C15H23N5O/c16-5-1-7-19(8-2-6-17)15(21)11-20-13-3-4-14(20)10-12(18)9-13/h12-14H,1-4,7-11,18H2. The summed E-state index contributed by atoms with van der Waals surface area (Å²) >= 11 is 0. The van der Waals surface area contributed by atoms with Crippen molar-refractivity contribution in [3.63, 3.8) is 0 Å². The molecule has 2 rings (SSSR count). The Balaban J connectivity index is 1.92. The van der Waals surface area contributed by atoms with Gasteiger partial charge in [0.05, 0.1) is 31.5 Å². The first-order valence-electron chi connectivity index (χ1n) is 7.68. The maximum absolute atomic E-state index is 12.5. The van der Waals surface area contributed by atoms with Gasteiger partial charge in [-0.15, -0.1) is 0 Å². The van der Waals surface area contributed by atoms with Gasteiger partial charge in [-0.05, 0) is 25.7 Å². The van der Waals surface area contributed by atoms with Crippen molar-refractivity contribution in [1.29, 1.82) is 10.5 Å². The van der Waals surface area contributed by atoms with Gasteiger partial charge in [0, 0.05) is 31.2 Å². The van der Waals surface area contributed by atoms with Gasteiger partial charge in [0.15, 0.2) is 0 Å². The second-order valence-electron chi connectivity index (χ2n) is 5.99. The highest BCUT2D eigenvalue weighted by atomic mass is 16.2. The number of fused-ring (bicyclic) bond motifs is 2. The monoisotopic (exact) mass is 289 g/mol. The van der Waals surface area contributed by atoms with Crippen LogP contribution in [0, 0.1) is 22.7 Å². The Bertz CT molecular complexity index is 420. The molecule has 6 nitrogen and oxygen atoms in total. The minimum absolute atomic E-state index is 0.0351. The van der Waals surface area contributed by atoms with Crippen molar-refractivity contribution >= 4 is 5.91 Å². The van der Waals surface area contributed by atoms with E-state index in [0.29, 0.717) is 44.6 Å². The van der Waals surface area contributed by atoms with Crippen molar-refractivity contribution in [1.82, 2.24) is 9.80 Å². The first-order valence-corrected chi connectivity index (χ1v) is 7.68. The normalized spacial score (nSPS) is 27.9. The highest BCUT2D eigenvalue weighted by molar-refractivity contribution is 5.78. The van der Waals surface area contributed by atoms with Gasteiger partial charge in [0.25, 0.3) is 0 Å². The molecule has 21 heavy (non-hydrogen) atoms. The number of amides is 1. The zero-order valence-electron chi connectivity index (χ0n) is 12.4. The molecule has 2 bridgehead atoms. The maximum Gasteiger partial charge on any atom is 0.236 e. The van der Waals surface area contributed by atoms with Gasteiger partial charge in [-0.25, -0.2) is 0 Å². The van der Waals surface area contributed by atoms with Crippen molar-refractivity contribution in [2.45, 2.75) is 56.7 Å². The Hall–Kier alpha value is -1.63. The topological polar surface area (TPSA) is 97.1 Å². The molecule has 0 aromatic rings. The molecule has 2 fully saturated rings. The van der Waals surface area contributed by atoms with Gasteiger partial charge in [0.2, 0.25) is 5.91 Å². The quantitative estimate of drug-likeness (QED) is 0.772. The minimum Gasteiger partial charge on any atom is -0.340 e. The second kappa shape index (κ2) is 7.40. The summed E-state index contributed by atoms with van der Waals surface area (Å²) in [4.78, 5) is 16.4. The molecular formula is C15H23N5O. The first kappa shape index (κ1) is 15.8. The number of piperidine rings is 1. The van der Waals surface area contributed by atoms with E-state index in [-0.39, 0.29) is 11.9 Å². The van der Waals surface area contributed by atoms with E-state index < -0.39 is 0 Å². The average Bonchev–Trinajstić information content (AvgIpc) is 2.70. The third-order valence-corrected chi connectivity index (χ3v) is 4.58. The van der Waals surface area contributed by atoms with Gasteiger partial charge in [-0.2, -0.15) is 10.5 Å². The van der Waals surface area contributed by atoms with Crippen LogP contribution in [0.25, 0.3) is 0 Å². The van der Waals surface area contributed by atoms with E-state index in [2.05, 4.69) is 17.0 Å². The summed E-state index contributed by atoms with van der Waals surface area (Å²) in [6.07, 6.45) is 4.83. The smallest absolute Gasteiger partial charge is 0.236 e. The third kappa shape index (κ3) is 3.93. The van der Waals surface area contributed by atoms with E-state index in [1.165, 1.54) is 0 Å². The van der Waals surface area contributed by atoms with Crippen LogP contribution in [0.1, 0.15) is 38.5 Å². The molecule has 0 saturated carbocycles. The Morgan fingerprint density at radius 2 is 1.67 bits per heavy atom. The summed E-state index contributed by atoms with van der Waals surface area (Å²) in [7, 11) is 0. The number of hydrogen-bond acceptors (Lipinski definition) is 5. The van der Waals surface area contributed by atoms with E-state index in [9.17, 15) is 4.79 Å². The largest absolute Gasteiger partial charge is 0.340 e. The lowest BCUT2D eigenvalue weighted by Gasteiger charge is -2.38. The highest BCUT2D eigenvalue weighted by Gasteiger charge is 2.40. The summed E-state index contributed by atoms with van der Waals surface area (Å²) in [6.45, 7) is 1.23. The van der Waals surface area contributed by atoms with Gasteiger partial charge < -0.3 is 10.6 Å². The second-order valence-corrected chi connectivity index (χ2v) is 5.99. The summed E-state index contributed by atoms with van der Waals surface area (Å²) in [5, 5.41) is 17.4. The number of rotatable bonds is 6. The lowest BCUT2D eigenvalue weighted by atomic mass is 9.98. The van der Waals surface area contributed by atoms with Crippen LogP contribution in [0.4, 0.5) is 0 Å². The number of carbonyl (C=O) groups excluding carboxylic acids is 1. The molecule has 2 heterocycles. The molecule has 0 radical (unpaired) electrons. The zero-order chi connectivity index (χ0) is 15.2. The molecule has 0 aromatic carbocycles. The molecule has 2 unspecified atom stereocenters. The van der Waals surface area contributed by atoms with Crippen LogP contribution in [0.15, 0.2) is 0 Å². The molecule has 114 valence electrons. The zero-order valence-corrected chi connectivity index (χ0v) is 12.4. The Labute approximate surface area is 126 Å². The summed E-state index contributed by atoms with van der Waals surface area (Å²) in [5.41, 5.74) is 6.05. The van der Waals surface area contributed by atoms with Crippen LogP contribution < -0.4 is 5.73 Å². The lowest BCUT2D eigenvalue weighted by molar-refractivity contribution is -0.133. The number of nitriles is 2. The number of carbonyl (C=O) groups is 1. The molecule has 0 aliphatic carbocycles.